The van der Waals surface area contributed by atoms with Gasteiger partial charge in [-0.05, 0) is 48.5 Å². The first kappa shape index (κ1) is 24.7. The van der Waals surface area contributed by atoms with Gasteiger partial charge in [0.15, 0.2) is 0 Å². The van der Waals surface area contributed by atoms with Gasteiger partial charge in [0.05, 0.1) is 20.6 Å². The Labute approximate surface area is 233 Å². The Morgan fingerprint density at radius 2 is 0.857 bits per heavy atom. The molecule has 42 heavy (non-hydrogen) atoms. The lowest BCUT2D eigenvalue weighted by molar-refractivity contribution is -0.383. The summed E-state index contributed by atoms with van der Waals surface area (Å²) < 4.78 is 0. The summed E-state index contributed by atoms with van der Waals surface area (Å²) in [7, 11) is 0. The Balaban J connectivity index is 1.34. The van der Waals surface area contributed by atoms with E-state index in [1.165, 1.54) is 78.9 Å². The number of carbonyl (C=O) groups excluding carboxylic acids is 4. The normalized spacial score (nSPS) is 14.2. The molecular weight excluding hydrogens is 546 g/mol. The van der Waals surface area contributed by atoms with E-state index >= 15 is 0 Å². The maximum absolute atomic E-state index is 13.6. The van der Waals surface area contributed by atoms with E-state index in [1.807, 2.05) is 0 Å². The zero-order valence-corrected chi connectivity index (χ0v) is 21.0. The van der Waals surface area contributed by atoms with Crippen LogP contribution in [-0.2, 0) is 0 Å². The average molecular weight is 559 g/mol. The van der Waals surface area contributed by atoms with Crippen LogP contribution >= 0.6 is 0 Å². The van der Waals surface area contributed by atoms with Crippen LogP contribution in [0.15, 0.2) is 78.9 Å². The summed E-state index contributed by atoms with van der Waals surface area (Å²) >= 11 is 0. The first-order chi connectivity index (χ1) is 20.2. The third-order valence-corrected chi connectivity index (χ3v) is 7.34. The summed E-state index contributed by atoms with van der Waals surface area (Å²) in [6, 6.07) is 17.8. The van der Waals surface area contributed by atoms with Crippen molar-refractivity contribution >= 4 is 68.2 Å². The van der Waals surface area contributed by atoms with Gasteiger partial charge in [-0.1, -0.05) is 18.2 Å². The topological polar surface area (TPSA) is 174 Å². The smallest absolute Gasteiger partial charge is 0.268 e. The van der Waals surface area contributed by atoms with E-state index in [0.29, 0.717) is 0 Å². The molecule has 0 atom stereocenters. The molecule has 202 valence electrons. The van der Waals surface area contributed by atoms with Gasteiger partial charge in [-0.25, -0.2) is 14.8 Å². The Kier molecular flexibility index (Phi) is 5.03. The second-order valence-corrected chi connectivity index (χ2v) is 9.48. The van der Waals surface area contributed by atoms with Crippen LogP contribution in [0.1, 0.15) is 41.4 Å². The SMILES string of the molecule is O=C1c2cccc3c([N+](=O)[O-])ccc(c23)C(=O)N1c1cccc(N2C(=O)c3cccc4c([N+](=O)[O-])ccc(c34)C2=O)n1. The predicted molar refractivity (Wildman–Crippen MR) is 148 cm³/mol. The van der Waals surface area contributed by atoms with Crippen molar-refractivity contribution in [1.82, 2.24) is 4.98 Å². The number of hydrogen-bond acceptors (Lipinski definition) is 9. The number of imide groups is 2. The van der Waals surface area contributed by atoms with Gasteiger partial charge < -0.3 is 0 Å². The molecule has 1 aromatic heterocycles. The van der Waals surface area contributed by atoms with Gasteiger partial charge in [0.25, 0.3) is 35.0 Å². The fourth-order valence-electron chi connectivity index (χ4n) is 5.56. The van der Waals surface area contributed by atoms with Crippen LogP contribution in [0.2, 0.25) is 0 Å². The Bertz CT molecular complexity index is 1970. The lowest BCUT2D eigenvalue weighted by atomic mass is 9.93. The van der Waals surface area contributed by atoms with Gasteiger partial charge in [0.1, 0.15) is 11.6 Å². The van der Waals surface area contributed by atoms with Crippen LogP contribution in [0.4, 0.5) is 23.0 Å². The first-order valence-corrected chi connectivity index (χ1v) is 12.3. The lowest BCUT2D eigenvalue weighted by Gasteiger charge is -2.29. The molecule has 0 radical (unpaired) electrons. The number of non-ortho nitro benzene ring substituents is 2. The number of rotatable bonds is 4. The van der Waals surface area contributed by atoms with Crippen molar-refractivity contribution in [2.45, 2.75) is 0 Å². The van der Waals surface area contributed by atoms with Crippen LogP contribution in [-0.4, -0.2) is 38.5 Å². The number of nitro benzene ring substituents is 2. The summed E-state index contributed by atoms with van der Waals surface area (Å²) in [5.41, 5.74) is -0.327. The van der Waals surface area contributed by atoms with Gasteiger partial charge >= 0.3 is 0 Å². The Morgan fingerprint density at radius 3 is 1.24 bits per heavy atom. The van der Waals surface area contributed by atoms with Crippen molar-refractivity contribution in [3.8, 4) is 0 Å². The van der Waals surface area contributed by atoms with Crippen molar-refractivity contribution in [1.29, 1.82) is 0 Å². The quantitative estimate of drug-likeness (QED) is 0.170. The van der Waals surface area contributed by atoms with E-state index in [9.17, 15) is 39.4 Å². The van der Waals surface area contributed by atoms with E-state index < -0.39 is 33.5 Å². The number of nitrogens with zero attached hydrogens (tertiary/aromatic N) is 5. The van der Waals surface area contributed by atoms with E-state index in [1.54, 1.807) is 0 Å². The van der Waals surface area contributed by atoms with Crippen molar-refractivity contribution < 1.29 is 29.0 Å². The van der Waals surface area contributed by atoms with Crippen LogP contribution in [0.25, 0.3) is 21.5 Å². The van der Waals surface area contributed by atoms with E-state index in [2.05, 4.69) is 4.98 Å². The summed E-state index contributed by atoms with van der Waals surface area (Å²) in [4.78, 5) is 82.1. The molecule has 0 fully saturated rings. The monoisotopic (exact) mass is 559 g/mol. The molecule has 4 aromatic carbocycles. The molecule has 0 N–H and O–H groups in total. The molecular formula is C29H13N5O8. The van der Waals surface area contributed by atoms with Crippen LogP contribution in [0.5, 0.6) is 0 Å². The Hall–Kier alpha value is -6.37. The van der Waals surface area contributed by atoms with Crippen molar-refractivity contribution in [3.63, 3.8) is 0 Å². The van der Waals surface area contributed by atoms with Gasteiger partial charge in [0, 0.05) is 45.2 Å². The van der Waals surface area contributed by atoms with Crippen molar-refractivity contribution in [3.05, 3.63) is 121 Å². The summed E-state index contributed by atoms with van der Waals surface area (Å²) in [5.74, 6) is -3.53. The second kappa shape index (κ2) is 8.56. The molecule has 13 heteroatoms. The number of benzene rings is 4. The molecule has 0 unspecified atom stereocenters. The van der Waals surface area contributed by atoms with Crippen LogP contribution in [0, 0.1) is 20.2 Å². The zero-order valence-electron chi connectivity index (χ0n) is 21.0. The van der Waals surface area contributed by atoms with E-state index in [-0.39, 0.29) is 66.8 Å². The molecule has 0 saturated carbocycles. The second-order valence-electron chi connectivity index (χ2n) is 9.48. The largest absolute Gasteiger partial charge is 0.277 e. The highest BCUT2D eigenvalue weighted by Gasteiger charge is 2.39. The summed E-state index contributed by atoms with van der Waals surface area (Å²) in [6.07, 6.45) is 0. The molecule has 0 aliphatic carbocycles. The molecule has 7 rings (SSSR count). The van der Waals surface area contributed by atoms with Crippen LogP contribution in [0.3, 0.4) is 0 Å². The number of hydrogen-bond donors (Lipinski definition) is 0. The molecule has 0 spiro atoms. The third-order valence-electron chi connectivity index (χ3n) is 7.34. The number of aromatic nitrogens is 1. The highest BCUT2D eigenvalue weighted by molar-refractivity contribution is 6.37. The van der Waals surface area contributed by atoms with Gasteiger partial charge in [-0.15, -0.1) is 0 Å². The number of pyridine rings is 1. The molecule has 2 aliphatic rings. The van der Waals surface area contributed by atoms with Gasteiger partial charge in [0.2, 0.25) is 0 Å². The average Bonchev–Trinajstić information content (AvgIpc) is 2.98. The summed E-state index contributed by atoms with van der Waals surface area (Å²) in [5, 5.41) is 23.6. The number of nitro groups is 2. The Morgan fingerprint density at radius 1 is 0.500 bits per heavy atom. The van der Waals surface area contributed by atoms with Gasteiger partial charge in [-0.3, -0.25) is 39.4 Å². The zero-order chi connectivity index (χ0) is 29.4. The first-order valence-electron chi connectivity index (χ1n) is 12.3. The number of anilines is 2. The fraction of sp³-hybridized carbons (Fsp3) is 0. The van der Waals surface area contributed by atoms with E-state index in [4.69, 9.17) is 0 Å². The fourth-order valence-corrected chi connectivity index (χ4v) is 5.56. The van der Waals surface area contributed by atoms with Crippen molar-refractivity contribution in [2.75, 3.05) is 9.80 Å². The minimum Gasteiger partial charge on any atom is -0.268 e. The molecule has 3 heterocycles. The number of amides is 4. The van der Waals surface area contributed by atoms with Gasteiger partial charge in [-0.2, -0.15) is 0 Å². The molecule has 0 saturated heterocycles. The van der Waals surface area contributed by atoms with E-state index in [0.717, 1.165) is 9.80 Å². The third kappa shape index (κ3) is 3.21. The highest BCUT2D eigenvalue weighted by Crippen LogP contribution is 2.39. The maximum atomic E-state index is 13.6. The highest BCUT2D eigenvalue weighted by atomic mass is 16.6. The van der Waals surface area contributed by atoms with Crippen molar-refractivity contribution in [2.24, 2.45) is 0 Å². The molecule has 4 amide bonds. The number of carbonyl (C=O) groups is 4. The standard InChI is InChI=1S/C29H13N5O8/c35-26-16-6-1-4-14-20(33(39)40)12-10-18(24(14)16)28(37)31(26)22-8-3-9-23(30-22)32-27(36)17-7-2-5-15-21(34(41)42)13-11-19(25(15)17)29(32)38/h1-13H. The molecule has 13 nitrogen and oxygen atoms in total. The minimum atomic E-state index is -0.790. The maximum Gasteiger partial charge on any atom is 0.277 e. The molecule has 2 aliphatic heterocycles. The summed E-state index contributed by atoms with van der Waals surface area (Å²) in [6.45, 7) is 0. The minimum absolute atomic E-state index is 0.0466. The molecule has 5 aromatic rings. The van der Waals surface area contributed by atoms with Crippen LogP contribution < -0.4 is 9.80 Å². The predicted octanol–water partition coefficient (Wildman–Crippen LogP) is 4.81. The lowest BCUT2D eigenvalue weighted by Crippen LogP contribution is -2.43. The molecule has 0 bridgehead atoms.